The molecule has 1 atom stereocenters. The van der Waals surface area contributed by atoms with Crippen LogP contribution in [0.1, 0.15) is 24.4 Å². The second-order valence-electron chi connectivity index (χ2n) is 4.88. The Morgan fingerprint density at radius 2 is 2.24 bits per heavy atom. The minimum atomic E-state index is -0.576. The number of hydrogen-bond donors (Lipinski definition) is 1. The number of carbonyl (C=O) groups excluding carboxylic acids is 3. The van der Waals surface area contributed by atoms with Crippen LogP contribution in [0.25, 0.3) is 0 Å². The lowest BCUT2D eigenvalue weighted by molar-refractivity contribution is -0.142. The summed E-state index contributed by atoms with van der Waals surface area (Å²) in [5.74, 6) is 0.412. The first-order valence-corrected chi connectivity index (χ1v) is 6.70. The predicted octanol–water partition coefficient (Wildman–Crippen LogP) is 0.368. The summed E-state index contributed by atoms with van der Waals surface area (Å²) in [6.45, 7) is 1.87. The van der Waals surface area contributed by atoms with Crippen LogP contribution in [0.15, 0.2) is 16.5 Å². The summed E-state index contributed by atoms with van der Waals surface area (Å²) in [5.41, 5.74) is 0. The third-order valence-corrected chi connectivity index (χ3v) is 3.39. The lowest BCUT2D eigenvalue weighted by atomic mass is 10.2. The fraction of sp³-hybridized carbons (Fsp3) is 0.500. The normalized spacial score (nSPS) is 17.9. The first-order valence-electron chi connectivity index (χ1n) is 6.70. The maximum Gasteiger partial charge on any atom is 0.325 e. The van der Waals surface area contributed by atoms with Crippen LogP contribution in [-0.2, 0) is 25.7 Å². The average Bonchev–Trinajstić information content (AvgIpc) is 3.03. The lowest BCUT2D eigenvalue weighted by Crippen LogP contribution is -2.45. The molecule has 0 spiro atoms. The number of hydrogen-bond acceptors (Lipinski definition) is 5. The van der Waals surface area contributed by atoms with Crippen LogP contribution < -0.4 is 5.32 Å². The molecule has 1 aromatic heterocycles. The molecule has 21 heavy (non-hydrogen) atoms. The van der Waals surface area contributed by atoms with Crippen molar-refractivity contribution in [1.82, 2.24) is 10.2 Å². The molecule has 1 aliphatic heterocycles. The van der Waals surface area contributed by atoms with Crippen LogP contribution in [0, 0.1) is 6.92 Å². The molecule has 1 N–H and O–H groups in total. The van der Waals surface area contributed by atoms with Crippen molar-refractivity contribution in [2.24, 2.45) is 0 Å². The van der Waals surface area contributed by atoms with Crippen molar-refractivity contribution in [2.75, 3.05) is 13.7 Å². The van der Waals surface area contributed by atoms with E-state index >= 15 is 0 Å². The monoisotopic (exact) mass is 294 g/mol. The molecule has 1 saturated heterocycles. The molecule has 1 aromatic rings. The number of methoxy groups -OCH3 is 1. The van der Waals surface area contributed by atoms with Crippen LogP contribution in [0.3, 0.4) is 0 Å². The van der Waals surface area contributed by atoms with Crippen molar-refractivity contribution in [1.29, 1.82) is 0 Å². The van der Waals surface area contributed by atoms with Gasteiger partial charge in [-0.25, -0.2) is 0 Å². The van der Waals surface area contributed by atoms with E-state index in [0.717, 1.165) is 5.76 Å². The number of aryl methyl sites for hydroxylation is 1. The van der Waals surface area contributed by atoms with E-state index in [1.54, 1.807) is 6.07 Å². The number of nitrogens with one attached hydrogen (secondary N) is 1. The van der Waals surface area contributed by atoms with E-state index in [0.29, 0.717) is 18.6 Å². The Kier molecular flexibility index (Phi) is 4.62. The molecule has 7 nitrogen and oxygen atoms in total. The largest absolute Gasteiger partial charge is 0.468 e. The Morgan fingerprint density at radius 1 is 1.48 bits per heavy atom. The molecule has 2 rings (SSSR count). The topological polar surface area (TPSA) is 88.8 Å². The van der Waals surface area contributed by atoms with E-state index in [4.69, 9.17) is 4.42 Å². The molecule has 114 valence electrons. The quantitative estimate of drug-likeness (QED) is 0.792. The zero-order valence-electron chi connectivity index (χ0n) is 12.0. The van der Waals surface area contributed by atoms with E-state index in [1.807, 2.05) is 13.0 Å². The zero-order valence-corrected chi connectivity index (χ0v) is 12.0. The molecule has 0 saturated carbocycles. The number of rotatable bonds is 5. The van der Waals surface area contributed by atoms with E-state index < -0.39 is 12.0 Å². The van der Waals surface area contributed by atoms with Crippen molar-refractivity contribution in [3.05, 3.63) is 23.7 Å². The van der Waals surface area contributed by atoms with Gasteiger partial charge < -0.3 is 19.4 Å². The molecular weight excluding hydrogens is 276 g/mol. The van der Waals surface area contributed by atoms with Crippen molar-refractivity contribution < 1.29 is 23.5 Å². The van der Waals surface area contributed by atoms with Gasteiger partial charge in [-0.05, 0) is 25.5 Å². The number of esters is 1. The van der Waals surface area contributed by atoms with Crippen LogP contribution in [0.5, 0.6) is 0 Å². The molecule has 0 aromatic carbocycles. The number of nitrogens with zero attached hydrogens (tertiary/aromatic N) is 1. The summed E-state index contributed by atoms with van der Waals surface area (Å²) in [6.07, 6.45) is 0.752. The third kappa shape index (κ3) is 3.62. The Bertz CT molecular complexity index is 551. The van der Waals surface area contributed by atoms with Crippen molar-refractivity contribution >= 4 is 17.8 Å². The summed E-state index contributed by atoms with van der Waals surface area (Å²) in [4.78, 5) is 36.5. The smallest absolute Gasteiger partial charge is 0.325 e. The molecule has 1 fully saturated rings. The highest BCUT2D eigenvalue weighted by Gasteiger charge is 2.36. The summed E-state index contributed by atoms with van der Waals surface area (Å²) in [5, 5.41) is 2.48. The number of likely N-dealkylation sites (tertiary alicyclic amines) is 1. The SMILES string of the molecule is COC(=O)CNC(=O)[C@@H]1CCC(=O)N1Cc1ccc(C)o1. The Hall–Kier alpha value is -2.31. The summed E-state index contributed by atoms with van der Waals surface area (Å²) in [6, 6.07) is 3.01. The molecule has 1 aliphatic rings. The first-order chi connectivity index (χ1) is 10.0. The van der Waals surface area contributed by atoms with Gasteiger partial charge in [0, 0.05) is 6.42 Å². The highest BCUT2D eigenvalue weighted by Crippen LogP contribution is 2.22. The minimum absolute atomic E-state index is 0.0951. The van der Waals surface area contributed by atoms with Gasteiger partial charge in [0.05, 0.1) is 13.7 Å². The maximum atomic E-state index is 12.1. The van der Waals surface area contributed by atoms with Crippen molar-refractivity contribution in [3.8, 4) is 0 Å². The first kappa shape index (κ1) is 15.1. The van der Waals surface area contributed by atoms with Crippen molar-refractivity contribution in [3.63, 3.8) is 0 Å². The number of furan rings is 1. The van der Waals surface area contributed by atoms with E-state index in [-0.39, 0.29) is 24.9 Å². The summed E-state index contributed by atoms with van der Waals surface area (Å²) < 4.78 is 9.90. The van der Waals surface area contributed by atoms with Gasteiger partial charge in [0.15, 0.2) is 0 Å². The lowest BCUT2D eigenvalue weighted by Gasteiger charge is -2.22. The Morgan fingerprint density at radius 3 is 2.86 bits per heavy atom. The Labute approximate surface area is 122 Å². The van der Waals surface area contributed by atoms with Gasteiger partial charge in [0.1, 0.15) is 24.1 Å². The Balaban J connectivity index is 1.99. The van der Waals surface area contributed by atoms with Gasteiger partial charge in [-0.15, -0.1) is 0 Å². The summed E-state index contributed by atoms with van der Waals surface area (Å²) >= 11 is 0. The standard InChI is InChI=1S/C14H18N2O5/c1-9-3-4-10(21-9)8-16-11(5-6-12(16)17)14(19)15-7-13(18)20-2/h3-4,11H,5-8H2,1-2H3,(H,15,19)/t11-/m0/s1. The molecule has 0 bridgehead atoms. The molecule has 7 heteroatoms. The number of carbonyl (C=O) groups is 3. The second-order valence-corrected chi connectivity index (χ2v) is 4.88. The molecule has 0 aliphatic carbocycles. The zero-order chi connectivity index (χ0) is 15.4. The third-order valence-electron chi connectivity index (χ3n) is 3.39. The highest BCUT2D eigenvalue weighted by atomic mass is 16.5. The van der Waals surface area contributed by atoms with Crippen LogP contribution in [0.2, 0.25) is 0 Å². The van der Waals surface area contributed by atoms with Crippen LogP contribution in [-0.4, -0.2) is 42.4 Å². The van der Waals surface area contributed by atoms with Crippen LogP contribution >= 0.6 is 0 Å². The van der Waals surface area contributed by atoms with Crippen LogP contribution in [0.4, 0.5) is 0 Å². The maximum absolute atomic E-state index is 12.1. The molecular formula is C14H18N2O5. The molecule has 2 amide bonds. The van der Waals surface area contributed by atoms with Gasteiger partial charge >= 0.3 is 5.97 Å². The number of ether oxygens (including phenoxy) is 1. The van der Waals surface area contributed by atoms with Crippen molar-refractivity contribution in [2.45, 2.75) is 32.4 Å². The van der Waals surface area contributed by atoms with Gasteiger partial charge in [-0.1, -0.05) is 0 Å². The fourth-order valence-corrected chi connectivity index (χ4v) is 2.29. The van der Waals surface area contributed by atoms with Gasteiger partial charge in [-0.3, -0.25) is 14.4 Å². The van der Waals surface area contributed by atoms with E-state index in [1.165, 1.54) is 12.0 Å². The number of amides is 2. The molecule has 0 radical (unpaired) electrons. The highest BCUT2D eigenvalue weighted by molar-refractivity contribution is 5.92. The molecule has 2 heterocycles. The second kappa shape index (κ2) is 6.43. The van der Waals surface area contributed by atoms with Gasteiger partial charge in [-0.2, -0.15) is 0 Å². The van der Waals surface area contributed by atoms with E-state index in [9.17, 15) is 14.4 Å². The predicted molar refractivity (Wildman–Crippen MR) is 72.0 cm³/mol. The fourth-order valence-electron chi connectivity index (χ4n) is 2.29. The van der Waals surface area contributed by atoms with Gasteiger partial charge in [0.2, 0.25) is 11.8 Å². The minimum Gasteiger partial charge on any atom is -0.468 e. The molecule has 0 unspecified atom stereocenters. The van der Waals surface area contributed by atoms with Gasteiger partial charge in [0.25, 0.3) is 0 Å². The summed E-state index contributed by atoms with van der Waals surface area (Å²) in [7, 11) is 1.25. The average molecular weight is 294 g/mol. The van der Waals surface area contributed by atoms with E-state index in [2.05, 4.69) is 10.1 Å².